The molecule has 0 aromatic heterocycles. The average Bonchev–Trinajstić information content (AvgIpc) is 2.14. The van der Waals surface area contributed by atoms with Crippen molar-refractivity contribution in [3.8, 4) is 0 Å². The van der Waals surface area contributed by atoms with Gasteiger partial charge < -0.3 is 10.5 Å². The lowest BCUT2D eigenvalue weighted by Crippen LogP contribution is -2.22. The van der Waals surface area contributed by atoms with Crippen molar-refractivity contribution in [1.29, 1.82) is 0 Å². The SMILES string of the molecule is NCCOC1=CCC(C(F)(F)F)C=C1. The number of hydrogen-bond acceptors (Lipinski definition) is 2. The fourth-order valence-corrected chi connectivity index (χ4v) is 1.13. The molecule has 0 bridgehead atoms. The second-order valence-corrected chi connectivity index (χ2v) is 2.99. The summed E-state index contributed by atoms with van der Waals surface area (Å²) in [6, 6.07) is 0. The van der Waals surface area contributed by atoms with Crippen LogP contribution in [0.3, 0.4) is 0 Å². The van der Waals surface area contributed by atoms with Crippen LogP contribution in [0.25, 0.3) is 0 Å². The Morgan fingerprint density at radius 2 is 2.21 bits per heavy atom. The van der Waals surface area contributed by atoms with Crippen molar-refractivity contribution in [2.24, 2.45) is 11.7 Å². The molecule has 80 valence electrons. The number of nitrogens with two attached hydrogens (primary N) is 1. The molecule has 2 N–H and O–H groups in total. The molecule has 0 fully saturated rings. The van der Waals surface area contributed by atoms with Gasteiger partial charge in [-0.3, -0.25) is 0 Å². The summed E-state index contributed by atoms with van der Waals surface area (Å²) in [6.45, 7) is 0.681. The van der Waals surface area contributed by atoms with Crippen molar-refractivity contribution in [1.82, 2.24) is 0 Å². The van der Waals surface area contributed by atoms with E-state index in [2.05, 4.69) is 0 Å². The van der Waals surface area contributed by atoms with E-state index in [-0.39, 0.29) is 6.42 Å². The normalized spacial score (nSPS) is 22.0. The summed E-state index contributed by atoms with van der Waals surface area (Å²) in [4.78, 5) is 0. The molecular formula is C9H12F3NO. The molecule has 1 rings (SSSR count). The first-order valence-corrected chi connectivity index (χ1v) is 4.32. The predicted octanol–water partition coefficient (Wildman–Crippen LogP) is 1.98. The van der Waals surface area contributed by atoms with Crippen LogP contribution in [-0.4, -0.2) is 19.3 Å². The first-order valence-electron chi connectivity index (χ1n) is 4.32. The minimum Gasteiger partial charge on any atom is -0.493 e. The summed E-state index contributed by atoms with van der Waals surface area (Å²) in [6.07, 6.45) is -0.316. The third-order valence-corrected chi connectivity index (χ3v) is 1.87. The van der Waals surface area contributed by atoms with Crippen molar-refractivity contribution < 1.29 is 17.9 Å². The van der Waals surface area contributed by atoms with E-state index in [1.54, 1.807) is 0 Å². The van der Waals surface area contributed by atoms with Gasteiger partial charge in [0, 0.05) is 6.54 Å². The van der Waals surface area contributed by atoms with E-state index in [1.807, 2.05) is 0 Å². The zero-order chi connectivity index (χ0) is 10.6. The summed E-state index contributed by atoms with van der Waals surface area (Å²) < 4.78 is 41.6. The van der Waals surface area contributed by atoms with Gasteiger partial charge in [0.1, 0.15) is 12.4 Å². The highest BCUT2D eigenvalue weighted by Gasteiger charge is 2.37. The molecule has 1 aliphatic carbocycles. The van der Waals surface area contributed by atoms with Crippen molar-refractivity contribution in [2.75, 3.05) is 13.2 Å². The van der Waals surface area contributed by atoms with E-state index in [0.717, 1.165) is 6.08 Å². The van der Waals surface area contributed by atoms with E-state index >= 15 is 0 Å². The maximum Gasteiger partial charge on any atom is 0.395 e. The van der Waals surface area contributed by atoms with Crippen LogP contribution < -0.4 is 5.73 Å². The molecule has 0 aliphatic heterocycles. The molecule has 2 nitrogen and oxygen atoms in total. The maximum absolute atomic E-state index is 12.2. The summed E-state index contributed by atoms with van der Waals surface area (Å²) in [5, 5.41) is 0. The third kappa shape index (κ3) is 3.06. The van der Waals surface area contributed by atoms with Crippen LogP contribution in [0.5, 0.6) is 0 Å². The van der Waals surface area contributed by atoms with E-state index in [0.29, 0.717) is 18.9 Å². The molecule has 0 spiro atoms. The summed E-state index contributed by atoms with van der Waals surface area (Å²) >= 11 is 0. The topological polar surface area (TPSA) is 35.2 Å². The van der Waals surface area contributed by atoms with E-state index in [9.17, 15) is 13.2 Å². The Hall–Kier alpha value is -0.970. The van der Waals surface area contributed by atoms with Gasteiger partial charge in [-0.25, -0.2) is 0 Å². The fourth-order valence-electron chi connectivity index (χ4n) is 1.13. The van der Waals surface area contributed by atoms with E-state index in [4.69, 9.17) is 10.5 Å². The number of ether oxygens (including phenoxy) is 1. The van der Waals surface area contributed by atoms with Gasteiger partial charge in [-0.1, -0.05) is 6.08 Å². The smallest absolute Gasteiger partial charge is 0.395 e. The van der Waals surface area contributed by atoms with Crippen molar-refractivity contribution in [2.45, 2.75) is 12.6 Å². The molecule has 14 heavy (non-hydrogen) atoms. The van der Waals surface area contributed by atoms with E-state index in [1.165, 1.54) is 12.2 Å². The summed E-state index contributed by atoms with van der Waals surface area (Å²) in [7, 11) is 0. The van der Waals surface area contributed by atoms with Crippen molar-refractivity contribution >= 4 is 0 Å². The molecule has 0 saturated carbocycles. The lowest BCUT2D eigenvalue weighted by molar-refractivity contribution is -0.160. The molecular weight excluding hydrogens is 195 g/mol. The Morgan fingerprint density at radius 1 is 1.50 bits per heavy atom. The van der Waals surface area contributed by atoms with Crippen LogP contribution in [0, 0.1) is 5.92 Å². The van der Waals surface area contributed by atoms with Crippen LogP contribution in [0.15, 0.2) is 24.0 Å². The van der Waals surface area contributed by atoms with Gasteiger partial charge in [0.15, 0.2) is 0 Å². The average molecular weight is 207 g/mol. The highest BCUT2D eigenvalue weighted by atomic mass is 19.4. The standard InChI is InChI=1S/C9H12F3NO/c10-9(11,12)7-1-3-8(4-2-7)14-6-5-13/h1,3-4,7H,2,5-6,13H2. The lowest BCUT2D eigenvalue weighted by atomic mass is 10.00. The van der Waals surface area contributed by atoms with Crippen LogP contribution in [0.1, 0.15) is 6.42 Å². The van der Waals surface area contributed by atoms with Crippen molar-refractivity contribution in [3.63, 3.8) is 0 Å². The monoisotopic (exact) mass is 207 g/mol. The second-order valence-electron chi connectivity index (χ2n) is 2.99. The van der Waals surface area contributed by atoms with Crippen LogP contribution in [-0.2, 0) is 4.74 Å². The Morgan fingerprint density at radius 3 is 2.64 bits per heavy atom. The molecule has 1 aliphatic rings. The highest BCUT2D eigenvalue weighted by molar-refractivity contribution is 5.19. The number of halogens is 3. The first kappa shape index (κ1) is 11.1. The number of alkyl halides is 3. The molecule has 0 amide bonds. The number of rotatable bonds is 3. The van der Waals surface area contributed by atoms with Gasteiger partial charge in [-0.15, -0.1) is 0 Å². The van der Waals surface area contributed by atoms with Crippen LogP contribution in [0.4, 0.5) is 13.2 Å². The van der Waals surface area contributed by atoms with Gasteiger partial charge in [0.2, 0.25) is 0 Å². The maximum atomic E-state index is 12.2. The van der Waals surface area contributed by atoms with Gasteiger partial charge in [0.05, 0.1) is 5.92 Å². The first-order chi connectivity index (χ1) is 6.54. The predicted molar refractivity (Wildman–Crippen MR) is 46.4 cm³/mol. The summed E-state index contributed by atoms with van der Waals surface area (Å²) in [5.41, 5.74) is 5.19. The van der Waals surface area contributed by atoms with Crippen LogP contribution in [0.2, 0.25) is 0 Å². The Bertz CT molecular complexity index is 245. The third-order valence-electron chi connectivity index (χ3n) is 1.87. The molecule has 5 heteroatoms. The minimum absolute atomic E-state index is 0.0557. The quantitative estimate of drug-likeness (QED) is 0.768. The molecule has 0 radical (unpaired) electrons. The van der Waals surface area contributed by atoms with Gasteiger partial charge in [-0.2, -0.15) is 13.2 Å². The molecule has 0 saturated heterocycles. The van der Waals surface area contributed by atoms with E-state index < -0.39 is 12.1 Å². The summed E-state index contributed by atoms with van der Waals surface area (Å²) in [5.74, 6) is -0.913. The van der Waals surface area contributed by atoms with Crippen LogP contribution >= 0.6 is 0 Å². The molecule has 1 unspecified atom stereocenters. The van der Waals surface area contributed by atoms with Crippen molar-refractivity contribution in [3.05, 3.63) is 24.0 Å². The van der Waals surface area contributed by atoms with Gasteiger partial charge in [-0.05, 0) is 18.6 Å². The Kier molecular flexibility index (Phi) is 3.57. The molecule has 0 aromatic carbocycles. The second kappa shape index (κ2) is 4.50. The lowest BCUT2D eigenvalue weighted by Gasteiger charge is -2.19. The highest BCUT2D eigenvalue weighted by Crippen LogP contribution is 2.33. The molecule has 0 aromatic rings. The largest absolute Gasteiger partial charge is 0.493 e. The number of allylic oxidation sites excluding steroid dienone is 3. The minimum atomic E-state index is -4.16. The molecule has 1 atom stereocenters. The van der Waals surface area contributed by atoms with Gasteiger partial charge >= 0.3 is 6.18 Å². The zero-order valence-electron chi connectivity index (χ0n) is 7.55. The number of hydrogen-bond donors (Lipinski definition) is 1. The Labute approximate surface area is 80.2 Å². The fraction of sp³-hybridized carbons (Fsp3) is 0.556. The molecule has 0 heterocycles. The van der Waals surface area contributed by atoms with Gasteiger partial charge in [0.25, 0.3) is 0 Å². The Balaban J connectivity index is 2.45. The zero-order valence-corrected chi connectivity index (χ0v) is 7.55.